The molecule has 0 saturated carbocycles. The Bertz CT molecular complexity index is 385. The molecular weight excluding hydrogens is 220 g/mol. The maximum atomic E-state index is 3.35. The van der Waals surface area contributed by atoms with Gasteiger partial charge in [0.15, 0.2) is 0 Å². The third-order valence-electron chi connectivity index (χ3n) is 3.61. The molecule has 2 heteroatoms. The number of hydrogen-bond donors (Lipinski definition) is 1. The van der Waals surface area contributed by atoms with Crippen LogP contribution in [0.25, 0.3) is 0 Å². The molecule has 0 aliphatic heterocycles. The summed E-state index contributed by atoms with van der Waals surface area (Å²) in [5.41, 5.74) is 5.78. The second-order valence-electron chi connectivity index (χ2n) is 6.18. The number of nitrogens with zero attached hydrogens (tertiary/aromatic N) is 1. The van der Waals surface area contributed by atoms with Gasteiger partial charge < -0.3 is 10.2 Å². The number of aryl methyl sites for hydroxylation is 3. The standard InChI is InChI=1S/C16H28N2/c1-12-8-13(2)15(14(3)9-12)10-18(7)11-16(4,5)17-6/h8-9,17H,10-11H2,1-7H3. The molecule has 1 aromatic carbocycles. The topological polar surface area (TPSA) is 15.3 Å². The molecule has 1 N–H and O–H groups in total. The minimum atomic E-state index is 0.154. The Morgan fingerprint density at radius 3 is 2.06 bits per heavy atom. The van der Waals surface area contributed by atoms with Gasteiger partial charge in [0, 0.05) is 18.6 Å². The third kappa shape index (κ3) is 4.11. The SMILES string of the molecule is CNC(C)(C)CN(C)Cc1c(C)cc(C)cc1C. The van der Waals surface area contributed by atoms with Crippen molar-refractivity contribution in [3.05, 3.63) is 34.4 Å². The molecule has 0 radical (unpaired) electrons. The van der Waals surface area contributed by atoms with E-state index in [0.717, 1.165) is 13.1 Å². The molecule has 0 bridgehead atoms. The lowest BCUT2D eigenvalue weighted by atomic mass is 9.98. The third-order valence-corrected chi connectivity index (χ3v) is 3.61. The zero-order valence-corrected chi connectivity index (χ0v) is 13.0. The van der Waals surface area contributed by atoms with Gasteiger partial charge in [0.1, 0.15) is 0 Å². The van der Waals surface area contributed by atoms with Crippen molar-refractivity contribution in [1.29, 1.82) is 0 Å². The molecular formula is C16H28N2. The van der Waals surface area contributed by atoms with E-state index in [9.17, 15) is 0 Å². The van der Waals surface area contributed by atoms with Gasteiger partial charge in [-0.3, -0.25) is 0 Å². The molecule has 0 aliphatic carbocycles. The predicted molar refractivity (Wildman–Crippen MR) is 80.1 cm³/mol. The molecule has 0 aliphatic rings. The van der Waals surface area contributed by atoms with Gasteiger partial charge in [-0.25, -0.2) is 0 Å². The normalized spacial score (nSPS) is 12.2. The summed E-state index contributed by atoms with van der Waals surface area (Å²) in [5.74, 6) is 0. The summed E-state index contributed by atoms with van der Waals surface area (Å²) in [4.78, 5) is 2.39. The van der Waals surface area contributed by atoms with E-state index in [-0.39, 0.29) is 5.54 Å². The summed E-state index contributed by atoms with van der Waals surface area (Å²) in [6.07, 6.45) is 0. The maximum absolute atomic E-state index is 3.35. The van der Waals surface area contributed by atoms with Crippen LogP contribution in [0.3, 0.4) is 0 Å². The smallest absolute Gasteiger partial charge is 0.0249 e. The lowest BCUT2D eigenvalue weighted by Crippen LogP contribution is -2.46. The van der Waals surface area contributed by atoms with Gasteiger partial charge in [0.25, 0.3) is 0 Å². The zero-order valence-electron chi connectivity index (χ0n) is 13.0. The molecule has 18 heavy (non-hydrogen) atoms. The van der Waals surface area contributed by atoms with Crippen LogP contribution in [0.4, 0.5) is 0 Å². The average Bonchev–Trinajstić information content (AvgIpc) is 2.22. The summed E-state index contributed by atoms with van der Waals surface area (Å²) >= 11 is 0. The largest absolute Gasteiger partial charge is 0.314 e. The van der Waals surface area contributed by atoms with E-state index in [2.05, 4.69) is 64.0 Å². The van der Waals surface area contributed by atoms with E-state index < -0.39 is 0 Å². The van der Waals surface area contributed by atoms with E-state index in [1.54, 1.807) is 0 Å². The molecule has 0 aromatic heterocycles. The van der Waals surface area contributed by atoms with Crippen LogP contribution in [-0.4, -0.2) is 31.1 Å². The van der Waals surface area contributed by atoms with Crippen molar-refractivity contribution in [2.24, 2.45) is 0 Å². The summed E-state index contributed by atoms with van der Waals surface area (Å²) in [6, 6.07) is 4.55. The highest BCUT2D eigenvalue weighted by Gasteiger charge is 2.18. The first-order valence-electron chi connectivity index (χ1n) is 6.69. The molecule has 0 spiro atoms. The fraction of sp³-hybridized carbons (Fsp3) is 0.625. The molecule has 1 rings (SSSR count). The fourth-order valence-electron chi connectivity index (χ4n) is 2.54. The van der Waals surface area contributed by atoms with Crippen LogP contribution in [0.5, 0.6) is 0 Å². The van der Waals surface area contributed by atoms with Crippen LogP contribution < -0.4 is 5.32 Å². The molecule has 0 atom stereocenters. The maximum Gasteiger partial charge on any atom is 0.0249 e. The summed E-state index contributed by atoms with van der Waals surface area (Å²) in [7, 11) is 4.22. The van der Waals surface area contributed by atoms with Crippen molar-refractivity contribution >= 4 is 0 Å². The van der Waals surface area contributed by atoms with Crippen molar-refractivity contribution in [3.8, 4) is 0 Å². The van der Waals surface area contributed by atoms with Gasteiger partial charge in [-0.1, -0.05) is 17.7 Å². The number of rotatable bonds is 5. The van der Waals surface area contributed by atoms with Crippen LogP contribution in [-0.2, 0) is 6.54 Å². The molecule has 0 fully saturated rings. The van der Waals surface area contributed by atoms with Gasteiger partial charge in [0.2, 0.25) is 0 Å². The van der Waals surface area contributed by atoms with Gasteiger partial charge in [0.05, 0.1) is 0 Å². The molecule has 0 unspecified atom stereocenters. The Labute approximate surface area is 112 Å². The summed E-state index contributed by atoms with van der Waals surface area (Å²) in [5, 5.41) is 3.35. The molecule has 102 valence electrons. The van der Waals surface area contributed by atoms with E-state index in [0.29, 0.717) is 0 Å². The second-order valence-corrected chi connectivity index (χ2v) is 6.18. The van der Waals surface area contributed by atoms with Crippen molar-refractivity contribution in [2.45, 2.75) is 46.7 Å². The number of hydrogen-bond acceptors (Lipinski definition) is 2. The van der Waals surface area contributed by atoms with Gasteiger partial charge in [-0.15, -0.1) is 0 Å². The second kappa shape index (κ2) is 5.85. The van der Waals surface area contributed by atoms with Crippen LogP contribution in [0, 0.1) is 20.8 Å². The van der Waals surface area contributed by atoms with Gasteiger partial charge in [-0.05, 0) is 65.4 Å². The quantitative estimate of drug-likeness (QED) is 0.861. The highest BCUT2D eigenvalue weighted by atomic mass is 15.1. The predicted octanol–water partition coefficient (Wildman–Crippen LogP) is 3.04. The monoisotopic (exact) mass is 248 g/mol. The first kappa shape index (κ1) is 15.2. The Morgan fingerprint density at radius 1 is 1.11 bits per heavy atom. The Balaban J connectivity index is 2.79. The molecule has 2 nitrogen and oxygen atoms in total. The Kier molecular flexibility index (Phi) is 4.94. The van der Waals surface area contributed by atoms with Gasteiger partial charge in [-0.2, -0.15) is 0 Å². The minimum Gasteiger partial charge on any atom is -0.314 e. The molecule has 0 amide bonds. The highest BCUT2D eigenvalue weighted by Crippen LogP contribution is 2.18. The van der Waals surface area contributed by atoms with Crippen LogP contribution >= 0.6 is 0 Å². The fourth-order valence-corrected chi connectivity index (χ4v) is 2.54. The van der Waals surface area contributed by atoms with Crippen LogP contribution in [0.2, 0.25) is 0 Å². The van der Waals surface area contributed by atoms with Gasteiger partial charge >= 0.3 is 0 Å². The minimum absolute atomic E-state index is 0.154. The van der Waals surface area contributed by atoms with E-state index >= 15 is 0 Å². The summed E-state index contributed by atoms with van der Waals surface area (Å²) < 4.78 is 0. The number of likely N-dealkylation sites (N-methyl/N-ethyl adjacent to an activating group) is 2. The zero-order chi connectivity index (χ0) is 13.9. The van der Waals surface area contributed by atoms with E-state index in [4.69, 9.17) is 0 Å². The van der Waals surface area contributed by atoms with Crippen LogP contribution in [0.15, 0.2) is 12.1 Å². The first-order chi connectivity index (χ1) is 8.25. The Hall–Kier alpha value is -0.860. The van der Waals surface area contributed by atoms with Crippen molar-refractivity contribution < 1.29 is 0 Å². The lowest BCUT2D eigenvalue weighted by Gasteiger charge is -2.30. The molecule has 1 aromatic rings. The number of benzene rings is 1. The van der Waals surface area contributed by atoms with Crippen molar-refractivity contribution in [3.63, 3.8) is 0 Å². The van der Waals surface area contributed by atoms with E-state index in [1.165, 1.54) is 22.3 Å². The molecule has 0 heterocycles. The molecule has 0 saturated heterocycles. The Morgan fingerprint density at radius 2 is 1.61 bits per heavy atom. The lowest BCUT2D eigenvalue weighted by molar-refractivity contribution is 0.237. The van der Waals surface area contributed by atoms with Crippen molar-refractivity contribution in [1.82, 2.24) is 10.2 Å². The average molecular weight is 248 g/mol. The highest BCUT2D eigenvalue weighted by molar-refractivity contribution is 5.37. The van der Waals surface area contributed by atoms with Crippen molar-refractivity contribution in [2.75, 3.05) is 20.6 Å². The summed E-state index contributed by atoms with van der Waals surface area (Å²) in [6.45, 7) is 13.1. The number of nitrogens with one attached hydrogen (secondary N) is 1. The van der Waals surface area contributed by atoms with E-state index in [1.807, 2.05) is 7.05 Å². The van der Waals surface area contributed by atoms with Crippen LogP contribution in [0.1, 0.15) is 36.1 Å². The first-order valence-corrected chi connectivity index (χ1v) is 6.69.